The van der Waals surface area contributed by atoms with Crippen molar-refractivity contribution in [3.63, 3.8) is 0 Å². The normalized spacial score (nSPS) is 11.6. The topological polar surface area (TPSA) is 67.4 Å². The summed E-state index contributed by atoms with van der Waals surface area (Å²) in [6.45, 7) is 1.39. The van der Waals surface area contributed by atoms with E-state index >= 15 is 0 Å². The predicted molar refractivity (Wildman–Crippen MR) is 98.9 cm³/mol. The molecule has 5 nitrogen and oxygen atoms in total. The van der Waals surface area contributed by atoms with E-state index in [1.54, 1.807) is 18.2 Å². The predicted octanol–water partition coefficient (Wildman–Crippen LogP) is 3.83. The highest BCUT2D eigenvalue weighted by Crippen LogP contribution is 2.29. The SMILES string of the molecule is C[C@@H](NC(=O)COCC(=O)Nc1cccc(Cl)c1Cl)c1ccccc1. The van der Waals surface area contributed by atoms with Gasteiger partial charge in [-0.15, -0.1) is 0 Å². The van der Waals surface area contributed by atoms with Gasteiger partial charge < -0.3 is 15.4 Å². The third-order valence-corrected chi connectivity index (χ3v) is 4.19. The second kappa shape index (κ2) is 9.42. The van der Waals surface area contributed by atoms with Crippen LogP contribution < -0.4 is 10.6 Å². The first-order chi connectivity index (χ1) is 12.0. The van der Waals surface area contributed by atoms with E-state index in [1.807, 2.05) is 37.3 Å². The molecule has 0 radical (unpaired) electrons. The summed E-state index contributed by atoms with van der Waals surface area (Å²) < 4.78 is 5.14. The summed E-state index contributed by atoms with van der Waals surface area (Å²) in [5.41, 5.74) is 1.38. The minimum atomic E-state index is -0.423. The van der Waals surface area contributed by atoms with Crippen molar-refractivity contribution in [2.75, 3.05) is 18.5 Å². The van der Waals surface area contributed by atoms with Crippen LogP contribution in [0, 0.1) is 0 Å². The van der Waals surface area contributed by atoms with Gasteiger partial charge in [0.2, 0.25) is 11.8 Å². The number of rotatable bonds is 7. The number of hydrogen-bond donors (Lipinski definition) is 2. The van der Waals surface area contributed by atoms with E-state index in [4.69, 9.17) is 27.9 Å². The molecule has 0 unspecified atom stereocenters. The fourth-order valence-electron chi connectivity index (χ4n) is 2.13. The van der Waals surface area contributed by atoms with Crippen LogP contribution in [0.3, 0.4) is 0 Å². The molecule has 0 aromatic heterocycles. The van der Waals surface area contributed by atoms with Gasteiger partial charge in [-0.25, -0.2) is 0 Å². The van der Waals surface area contributed by atoms with Crippen LogP contribution in [-0.2, 0) is 14.3 Å². The lowest BCUT2D eigenvalue weighted by molar-refractivity contribution is -0.129. The Morgan fingerprint density at radius 3 is 2.40 bits per heavy atom. The van der Waals surface area contributed by atoms with Gasteiger partial charge in [0.1, 0.15) is 13.2 Å². The molecule has 2 N–H and O–H groups in total. The summed E-state index contributed by atoms with van der Waals surface area (Å²) in [6.07, 6.45) is 0. The highest BCUT2D eigenvalue weighted by Gasteiger charge is 2.11. The molecule has 25 heavy (non-hydrogen) atoms. The lowest BCUT2D eigenvalue weighted by Gasteiger charge is -2.14. The van der Waals surface area contributed by atoms with Crippen molar-refractivity contribution in [2.45, 2.75) is 13.0 Å². The molecule has 132 valence electrons. The zero-order chi connectivity index (χ0) is 18.2. The Morgan fingerprint density at radius 1 is 1.00 bits per heavy atom. The highest BCUT2D eigenvalue weighted by molar-refractivity contribution is 6.43. The van der Waals surface area contributed by atoms with Crippen LogP contribution in [0.4, 0.5) is 5.69 Å². The van der Waals surface area contributed by atoms with Crippen LogP contribution >= 0.6 is 23.2 Å². The van der Waals surface area contributed by atoms with Crippen molar-refractivity contribution >= 4 is 40.7 Å². The monoisotopic (exact) mass is 380 g/mol. The number of halogens is 2. The number of benzene rings is 2. The van der Waals surface area contributed by atoms with Gasteiger partial charge >= 0.3 is 0 Å². The van der Waals surface area contributed by atoms with E-state index in [1.165, 1.54) is 0 Å². The standard InChI is InChI=1S/C18H18Cl2N2O3/c1-12(13-6-3-2-4-7-13)21-16(23)10-25-11-17(24)22-15-9-5-8-14(19)18(15)20/h2-9,12H,10-11H2,1H3,(H,21,23)(H,22,24)/t12-/m1/s1. The van der Waals surface area contributed by atoms with Crippen molar-refractivity contribution in [1.29, 1.82) is 0 Å². The van der Waals surface area contributed by atoms with Gasteiger partial charge in [-0.3, -0.25) is 9.59 Å². The van der Waals surface area contributed by atoms with Crippen LogP contribution in [0.2, 0.25) is 10.0 Å². The quantitative estimate of drug-likeness (QED) is 0.766. The average molecular weight is 381 g/mol. The van der Waals surface area contributed by atoms with Gasteiger partial charge in [-0.05, 0) is 24.6 Å². The summed E-state index contributed by atoms with van der Waals surface area (Å²) in [5, 5.41) is 5.98. The molecule has 2 aromatic rings. The summed E-state index contributed by atoms with van der Waals surface area (Å²) in [6, 6.07) is 14.3. The molecule has 2 rings (SSSR count). The molecule has 1 atom stereocenters. The van der Waals surface area contributed by atoms with E-state index in [-0.39, 0.29) is 30.2 Å². The largest absolute Gasteiger partial charge is 0.362 e. The van der Waals surface area contributed by atoms with Crippen LogP contribution in [0.5, 0.6) is 0 Å². The summed E-state index contributed by atoms with van der Waals surface area (Å²) in [4.78, 5) is 23.7. The molecular formula is C18H18Cl2N2O3. The number of ether oxygens (including phenoxy) is 1. The maximum Gasteiger partial charge on any atom is 0.250 e. The van der Waals surface area contributed by atoms with Crippen molar-refractivity contribution in [3.8, 4) is 0 Å². The van der Waals surface area contributed by atoms with Crippen LogP contribution in [0.15, 0.2) is 48.5 Å². The number of anilines is 1. The zero-order valence-corrected chi connectivity index (χ0v) is 15.1. The lowest BCUT2D eigenvalue weighted by Crippen LogP contribution is -2.31. The second-order valence-corrected chi connectivity index (χ2v) is 6.13. The van der Waals surface area contributed by atoms with E-state index < -0.39 is 5.91 Å². The molecule has 0 heterocycles. The molecule has 7 heteroatoms. The molecule has 0 fully saturated rings. The Morgan fingerprint density at radius 2 is 1.68 bits per heavy atom. The Kier molecular flexibility index (Phi) is 7.25. The Hall–Kier alpha value is -2.08. The third kappa shape index (κ3) is 6.05. The maximum absolute atomic E-state index is 11.9. The van der Waals surface area contributed by atoms with Crippen molar-refractivity contribution in [1.82, 2.24) is 5.32 Å². The summed E-state index contributed by atoms with van der Waals surface area (Å²) >= 11 is 11.9. The van der Waals surface area contributed by atoms with Crippen LogP contribution in [-0.4, -0.2) is 25.0 Å². The smallest absolute Gasteiger partial charge is 0.250 e. The van der Waals surface area contributed by atoms with Crippen molar-refractivity contribution in [3.05, 3.63) is 64.1 Å². The highest BCUT2D eigenvalue weighted by atomic mass is 35.5. The molecule has 0 bridgehead atoms. The van der Waals surface area contributed by atoms with Crippen molar-refractivity contribution in [2.24, 2.45) is 0 Å². The molecule has 2 aromatic carbocycles. The van der Waals surface area contributed by atoms with Crippen LogP contribution in [0.1, 0.15) is 18.5 Å². The molecule has 2 amide bonds. The van der Waals surface area contributed by atoms with Gasteiger partial charge in [0.05, 0.1) is 21.8 Å². The Balaban J connectivity index is 1.73. The minimum absolute atomic E-state index is 0.142. The first-order valence-electron chi connectivity index (χ1n) is 7.63. The molecule has 0 aliphatic carbocycles. The molecule has 0 aliphatic rings. The fourth-order valence-corrected chi connectivity index (χ4v) is 2.48. The van der Waals surface area contributed by atoms with Gasteiger partial charge in [-0.2, -0.15) is 0 Å². The Labute approximate surface area is 156 Å². The van der Waals surface area contributed by atoms with E-state index in [0.717, 1.165) is 5.56 Å². The van der Waals surface area contributed by atoms with E-state index in [9.17, 15) is 9.59 Å². The van der Waals surface area contributed by atoms with Crippen LogP contribution in [0.25, 0.3) is 0 Å². The van der Waals surface area contributed by atoms with E-state index in [2.05, 4.69) is 10.6 Å². The second-order valence-electron chi connectivity index (χ2n) is 5.34. The van der Waals surface area contributed by atoms with Crippen molar-refractivity contribution < 1.29 is 14.3 Å². The minimum Gasteiger partial charge on any atom is -0.362 e. The fraction of sp³-hybridized carbons (Fsp3) is 0.222. The number of amides is 2. The lowest BCUT2D eigenvalue weighted by atomic mass is 10.1. The first-order valence-corrected chi connectivity index (χ1v) is 8.39. The summed E-state index contributed by atoms with van der Waals surface area (Å²) in [7, 11) is 0. The van der Waals surface area contributed by atoms with Gasteiger partial charge in [0, 0.05) is 0 Å². The molecule has 0 spiro atoms. The van der Waals surface area contributed by atoms with Gasteiger partial charge in [-0.1, -0.05) is 59.6 Å². The molecule has 0 saturated carbocycles. The molecular weight excluding hydrogens is 363 g/mol. The zero-order valence-electron chi connectivity index (χ0n) is 13.6. The van der Waals surface area contributed by atoms with Gasteiger partial charge in [0.25, 0.3) is 0 Å². The molecule has 0 aliphatic heterocycles. The van der Waals surface area contributed by atoms with E-state index in [0.29, 0.717) is 10.7 Å². The first kappa shape index (κ1) is 19.2. The number of nitrogens with one attached hydrogen (secondary N) is 2. The van der Waals surface area contributed by atoms with Gasteiger partial charge in [0.15, 0.2) is 0 Å². The number of carbonyl (C=O) groups is 2. The number of hydrogen-bond acceptors (Lipinski definition) is 3. The Bertz CT molecular complexity index is 738. The average Bonchev–Trinajstić information content (AvgIpc) is 2.59. The maximum atomic E-state index is 11.9. The third-order valence-electron chi connectivity index (χ3n) is 3.37. The summed E-state index contributed by atoms with van der Waals surface area (Å²) in [5.74, 6) is -0.724. The molecule has 0 saturated heterocycles. The number of carbonyl (C=O) groups excluding carboxylic acids is 2.